The Kier molecular flexibility index (Phi) is 3.65. The van der Waals surface area contributed by atoms with Gasteiger partial charge in [-0.3, -0.25) is 4.57 Å². The minimum absolute atomic E-state index is 0.445. The normalized spacial score (nSPS) is 11.4. The molecule has 6 heteroatoms. The van der Waals surface area contributed by atoms with Crippen LogP contribution in [0, 0.1) is 11.3 Å². The summed E-state index contributed by atoms with van der Waals surface area (Å²) >= 11 is 1.49. The van der Waals surface area contributed by atoms with Crippen LogP contribution in [0.4, 0.5) is 5.82 Å². The predicted octanol–water partition coefficient (Wildman–Crippen LogP) is 1.65. The summed E-state index contributed by atoms with van der Waals surface area (Å²) in [4.78, 5) is 9.25. The van der Waals surface area contributed by atoms with E-state index >= 15 is 0 Å². The van der Waals surface area contributed by atoms with Crippen molar-refractivity contribution in [2.45, 2.75) is 6.73 Å². The molecule has 0 saturated heterocycles. The number of hydrogen-bond acceptors (Lipinski definition) is 5. The third-order valence-corrected chi connectivity index (χ3v) is 2.81. The van der Waals surface area contributed by atoms with E-state index in [4.69, 9.17) is 10.00 Å². The number of methoxy groups -OCH3 is 1. The molecular weight excluding hydrogens is 236 g/mol. The zero-order valence-electron chi connectivity index (χ0n) is 9.20. The topological polar surface area (TPSA) is 63.2 Å². The van der Waals surface area contributed by atoms with E-state index in [-0.39, 0.29) is 0 Å². The zero-order chi connectivity index (χ0) is 12.1. The molecular formula is C11H10N4OS. The predicted molar refractivity (Wildman–Crippen MR) is 63.5 cm³/mol. The van der Waals surface area contributed by atoms with Gasteiger partial charge in [0.15, 0.2) is 10.6 Å². The Morgan fingerprint density at radius 3 is 3.29 bits per heavy atom. The lowest BCUT2D eigenvalue weighted by atomic mass is 10.3. The van der Waals surface area contributed by atoms with Crippen molar-refractivity contribution in [2.75, 3.05) is 7.11 Å². The van der Waals surface area contributed by atoms with E-state index in [1.54, 1.807) is 25.4 Å². The largest absolute Gasteiger partial charge is 0.364 e. The highest BCUT2D eigenvalue weighted by atomic mass is 32.1. The third kappa shape index (κ3) is 2.78. The molecule has 0 saturated carbocycles. The number of nitriles is 1. The van der Waals surface area contributed by atoms with Crippen LogP contribution in [-0.2, 0) is 11.5 Å². The van der Waals surface area contributed by atoms with Gasteiger partial charge in [0.25, 0.3) is 0 Å². The second kappa shape index (κ2) is 5.39. The Morgan fingerprint density at radius 1 is 1.65 bits per heavy atom. The molecule has 0 amide bonds. The fourth-order valence-electron chi connectivity index (χ4n) is 1.27. The SMILES string of the molecule is COCn1ccsc1=Nc1cc(C#N)ccn1. The van der Waals surface area contributed by atoms with Crippen molar-refractivity contribution in [3.05, 3.63) is 40.3 Å². The van der Waals surface area contributed by atoms with Gasteiger partial charge in [0.05, 0.1) is 11.6 Å². The minimum atomic E-state index is 0.445. The van der Waals surface area contributed by atoms with E-state index in [1.165, 1.54) is 11.3 Å². The molecule has 0 aliphatic rings. The molecule has 0 atom stereocenters. The molecule has 0 radical (unpaired) electrons. The molecule has 0 fully saturated rings. The van der Waals surface area contributed by atoms with Crippen LogP contribution in [0.25, 0.3) is 0 Å². The zero-order valence-corrected chi connectivity index (χ0v) is 10.0. The van der Waals surface area contributed by atoms with E-state index < -0.39 is 0 Å². The van der Waals surface area contributed by atoms with Gasteiger partial charge in [-0.1, -0.05) is 0 Å². The summed E-state index contributed by atoms with van der Waals surface area (Å²) in [6.45, 7) is 0.445. The first-order valence-corrected chi connectivity index (χ1v) is 5.75. The standard InChI is InChI=1S/C11H10N4OS/c1-16-8-15-4-5-17-11(15)14-10-6-9(7-12)2-3-13-10/h2-6H,8H2,1H3. The van der Waals surface area contributed by atoms with Crippen molar-refractivity contribution in [1.82, 2.24) is 9.55 Å². The molecule has 2 aromatic heterocycles. The van der Waals surface area contributed by atoms with Crippen LogP contribution in [0.1, 0.15) is 5.56 Å². The maximum absolute atomic E-state index is 8.78. The summed E-state index contributed by atoms with van der Waals surface area (Å²) in [5.74, 6) is 0.524. The molecule has 2 rings (SSSR count). The lowest BCUT2D eigenvalue weighted by Crippen LogP contribution is -2.14. The molecule has 0 bridgehead atoms. The minimum Gasteiger partial charge on any atom is -0.364 e. The fraction of sp³-hybridized carbons (Fsp3) is 0.182. The average molecular weight is 246 g/mol. The smallest absolute Gasteiger partial charge is 0.193 e. The third-order valence-electron chi connectivity index (χ3n) is 2.01. The van der Waals surface area contributed by atoms with Gasteiger partial charge in [-0.15, -0.1) is 11.3 Å². The van der Waals surface area contributed by atoms with Crippen LogP contribution in [0.2, 0.25) is 0 Å². The molecule has 0 unspecified atom stereocenters. The summed E-state index contributed by atoms with van der Waals surface area (Å²) in [6, 6.07) is 5.36. The highest BCUT2D eigenvalue weighted by molar-refractivity contribution is 7.07. The maximum atomic E-state index is 8.78. The number of nitrogens with zero attached hydrogens (tertiary/aromatic N) is 4. The van der Waals surface area contributed by atoms with Crippen LogP contribution >= 0.6 is 11.3 Å². The lowest BCUT2D eigenvalue weighted by molar-refractivity contribution is 0.129. The van der Waals surface area contributed by atoms with Crippen LogP contribution < -0.4 is 4.80 Å². The van der Waals surface area contributed by atoms with Crippen LogP contribution in [0.5, 0.6) is 0 Å². The number of pyridine rings is 1. The molecule has 0 N–H and O–H groups in total. The number of aromatic nitrogens is 2. The monoisotopic (exact) mass is 246 g/mol. The van der Waals surface area contributed by atoms with E-state index in [1.807, 2.05) is 16.1 Å². The van der Waals surface area contributed by atoms with Gasteiger partial charge in [-0.25, -0.2) is 9.98 Å². The van der Waals surface area contributed by atoms with E-state index in [0.717, 1.165) is 4.80 Å². The number of rotatable bonds is 3. The van der Waals surface area contributed by atoms with Gasteiger partial charge in [-0.05, 0) is 6.07 Å². The van der Waals surface area contributed by atoms with Crippen molar-refractivity contribution in [1.29, 1.82) is 5.26 Å². The van der Waals surface area contributed by atoms with Gasteiger partial charge in [-0.2, -0.15) is 5.26 Å². The first kappa shape index (κ1) is 11.5. The van der Waals surface area contributed by atoms with Crippen molar-refractivity contribution in [3.63, 3.8) is 0 Å². The van der Waals surface area contributed by atoms with Gasteiger partial charge in [0.1, 0.15) is 6.73 Å². The van der Waals surface area contributed by atoms with Crippen molar-refractivity contribution in [2.24, 2.45) is 4.99 Å². The summed E-state index contributed by atoms with van der Waals surface area (Å²) in [5.41, 5.74) is 0.550. The quantitative estimate of drug-likeness (QED) is 0.827. The second-order valence-electron chi connectivity index (χ2n) is 3.20. The van der Waals surface area contributed by atoms with E-state index in [0.29, 0.717) is 18.1 Å². The summed E-state index contributed by atoms with van der Waals surface area (Å²) < 4.78 is 6.91. The Hall–Kier alpha value is -1.97. The van der Waals surface area contributed by atoms with Crippen LogP contribution in [0.15, 0.2) is 34.9 Å². The summed E-state index contributed by atoms with van der Waals surface area (Å²) in [6.07, 6.45) is 3.47. The van der Waals surface area contributed by atoms with Gasteiger partial charge >= 0.3 is 0 Å². The molecule has 86 valence electrons. The molecule has 17 heavy (non-hydrogen) atoms. The highest BCUT2D eigenvalue weighted by Crippen LogP contribution is 2.08. The Balaban J connectivity index is 2.41. The van der Waals surface area contributed by atoms with Crippen molar-refractivity contribution in [3.8, 4) is 6.07 Å². The van der Waals surface area contributed by atoms with Crippen molar-refractivity contribution >= 4 is 17.2 Å². The molecule has 0 spiro atoms. The first-order chi connectivity index (χ1) is 8.33. The average Bonchev–Trinajstić information content (AvgIpc) is 2.78. The van der Waals surface area contributed by atoms with E-state index in [9.17, 15) is 0 Å². The van der Waals surface area contributed by atoms with Crippen LogP contribution in [0.3, 0.4) is 0 Å². The Bertz CT molecular complexity index is 608. The number of thiazole rings is 1. The number of ether oxygens (including phenoxy) is 1. The highest BCUT2D eigenvalue weighted by Gasteiger charge is 1.97. The van der Waals surface area contributed by atoms with Crippen LogP contribution in [-0.4, -0.2) is 16.7 Å². The van der Waals surface area contributed by atoms with Gasteiger partial charge < -0.3 is 4.74 Å². The van der Waals surface area contributed by atoms with Gasteiger partial charge in [0.2, 0.25) is 0 Å². The molecule has 0 aliphatic carbocycles. The summed E-state index contributed by atoms with van der Waals surface area (Å²) in [5, 5.41) is 10.7. The molecule has 2 heterocycles. The molecule has 2 aromatic rings. The molecule has 0 aliphatic heterocycles. The van der Waals surface area contributed by atoms with Gasteiger partial charge in [0, 0.05) is 30.9 Å². The second-order valence-corrected chi connectivity index (χ2v) is 4.07. The lowest BCUT2D eigenvalue weighted by Gasteiger charge is -1.99. The first-order valence-electron chi connectivity index (χ1n) is 4.87. The van der Waals surface area contributed by atoms with Crippen molar-refractivity contribution < 1.29 is 4.74 Å². The number of hydrogen-bond donors (Lipinski definition) is 0. The summed E-state index contributed by atoms with van der Waals surface area (Å²) in [7, 11) is 1.63. The fourth-order valence-corrected chi connectivity index (χ4v) is 2.00. The Morgan fingerprint density at radius 2 is 2.53 bits per heavy atom. The molecule has 0 aromatic carbocycles. The molecule has 5 nitrogen and oxygen atoms in total. The maximum Gasteiger partial charge on any atom is 0.193 e. The Labute approximate surface area is 102 Å². The van der Waals surface area contributed by atoms with E-state index in [2.05, 4.69) is 16.0 Å².